The zero-order valence-corrected chi connectivity index (χ0v) is 16.6. The summed E-state index contributed by atoms with van der Waals surface area (Å²) < 4.78 is 11.4. The van der Waals surface area contributed by atoms with Gasteiger partial charge in [0.05, 0.1) is 6.10 Å². The van der Waals surface area contributed by atoms with Crippen LogP contribution in [0.4, 0.5) is 0 Å². The van der Waals surface area contributed by atoms with Crippen LogP contribution >= 0.6 is 0 Å². The quantitative estimate of drug-likeness (QED) is 0.277. The molecule has 10 heteroatoms. The molecule has 1 aliphatic carbocycles. The first-order valence-corrected chi connectivity index (χ1v) is 9.84. The van der Waals surface area contributed by atoms with Crippen LogP contribution in [0.25, 0.3) is 22.3 Å². The van der Waals surface area contributed by atoms with Crippen molar-refractivity contribution >= 4 is 11.0 Å². The molecule has 4 rings (SSSR count). The molecule has 2 aromatic carbocycles. The van der Waals surface area contributed by atoms with Gasteiger partial charge in [-0.05, 0) is 24.6 Å². The molecule has 1 aliphatic rings. The number of aliphatic hydroxyl groups is 4. The number of fused-ring (bicyclic) bond motifs is 1. The van der Waals surface area contributed by atoms with Gasteiger partial charge >= 0.3 is 0 Å². The molecule has 0 amide bonds. The summed E-state index contributed by atoms with van der Waals surface area (Å²) in [6, 6.07) is 7.47. The number of hydrogen-bond donors (Lipinski definition) is 7. The molecule has 0 unspecified atom stereocenters. The fourth-order valence-corrected chi connectivity index (χ4v) is 3.88. The Bertz CT molecular complexity index is 1200. The van der Waals surface area contributed by atoms with Crippen molar-refractivity contribution in [2.24, 2.45) is 5.92 Å². The summed E-state index contributed by atoms with van der Waals surface area (Å²) in [7, 11) is 0. The average Bonchev–Trinajstić information content (AvgIpc) is 2.75. The molecule has 1 fully saturated rings. The van der Waals surface area contributed by atoms with Crippen molar-refractivity contribution in [3.63, 3.8) is 0 Å². The first-order chi connectivity index (χ1) is 15.2. The molecule has 32 heavy (non-hydrogen) atoms. The Morgan fingerprint density at radius 3 is 2.34 bits per heavy atom. The summed E-state index contributed by atoms with van der Waals surface area (Å²) in [5, 5.41) is 69.1. The van der Waals surface area contributed by atoms with Crippen LogP contribution in [0.1, 0.15) is 6.42 Å². The molecule has 7 N–H and O–H groups in total. The molecule has 0 saturated heterocycles. The van der Waals surface area contributed by atoms with Gasteiger partial charge in [0.1, 0.15) is 46.5 Å². The summed E-state index contributed by atoms with van der Waals surface area (Å²) >= 11 is 0. The SMILES string of the molecule is O=c1cc(-c2ccc(O)c(O)c2)oc2cc(O[C@@H]3C[C@H](CO)[C@@H](O)[C@H](O)[C@H]3O)cc(O)c12. The van der Waals surface area contributed by atoms with Gasteiger partial charge in [0, 0.05) is 36.3 Å². The summed E-state index contributed by atoms with van der Waals surface area (Å²) in [6.07, 6.45) is -5.28. The highest BCUT2D eigenvalue weighted by molar-refractivity contribution is 5.86. The zero-order chi connectivity index (χ0) is 23.2. The van der Waals surface area contributed by atoms with Crippen LogP contribution in [0.2, 0.25) is 0 Å². The average molecular weight is 446 g/mol. The van der Waals surface area contributed by atoms with E-state index in [0.717, 1.165) is 12.1 Å². The number of ether oxygens (including phenoxy) is 1. The van der Waals surface area contributed by atoms with Crippen molar-refractivity contribution < 1.29 is 44.9 Å². The number of phenolic OH excluding ortho intramolecular Hbond substituents is 3. The lowest BCUT2D eigenvalue weighted by Gasteiger charge is -2.39. The normalized spacial score (nSPS) is 25.7. The fraction of sp³-hybridized carbons (Fsp3) is 0.318. The van der Waals surface area contributed by atoms with Crippen molar-refractivity contribution in [2.75, 3.05) is 6.61 Å². The van der Waals surface area contributed by atoms with Gasteiger partial charge in [-0.15, -0.1) is 0 Å². The van der Waals surface area contributed by atoms with E-state index in [4.69, 9.17) is 9.15 Å². The first kappa shape index (κ1) is 21.9. The Hall–Kier alpha value is -3.31. The lowest BCUT2D eigenvalue weighted by atomic mass is 9.81. The van der Waals surface area contributed by atoms with Gasteiger partial charge in [0.2, 0.25) is 0 Å². The topological polar surface area (TPSA) is 181 Å². The number of aromatic hydroxyl groups is 3. The van der Waals surface area contributed by atoms with Gasteiger partial charge in [0.25, 0.3) is 0 Å². The lowest BCUT2D eigenvalue weighted by molar-refractivity contribution is -0.156. The molecule has 1 aromatic heterocycles. The van der Waals surface area contributed by atoms with Crippen LogP contribution in [-0.4, -0.2) is 66.8 Å². The molecular weight excluding hydrogens is 424 g/mol. The van der Waals surface area contributed by atoms with E-state index in [-0.39, 0.29) is 34.6 Å². The Morgan fingerprint density at radius 1 is 0.906 bits per heavy atom. The van der Waals surface area contributed by atoms with Crippen molar-refractivity contribution in [1.82, 2.24) is 0 Å². The van der Waals surface area contributed by atoms with Gasteiger partial charge in [-0.2, -0.15) is 0 Å². The van der Waals surface area contributed by atoms with Crippen molar-refractivity contribution in [3.05, 3.63) is 46.6 Å². The number of rotatable bonds is 4. The highest BCUT2D eigenvalue weighted by Gasteiger charge is 2.43. The molecule has 0 radical (unpaired) electrons. The predicted molar refractivity (Wildman–Crippen MR) is 111 cm³/mol. The number of phenols is 3. The molecule has 1 saturated carbocycles. The van der Waals surface area contributed by atoms with Crippen molar-refractivity contribution in [1.29, 1.82) is 0 Å². The van der Waals surface area contributed by atoms with E-state index in [1.807, 2.05) is 0 Å². The van der Waals surface area contributed by atoms with Gasteiger partial charge in [0.15, 0.2) is 16.9 Å². The molecule has 10 nitrogen and oxygen atoms in total. The highest BCUT2D eigenvalue weighted by Crippen LogP contribution is 2.35. The standard InChI is InChI=1S/C22H22O10/c23-8-10-4-18(21(29)22(30)20(10)28)31-11-5-14(26)19-15(27)7-16(32-17(19)6-11)9-1-2-12(24)13(25)3-9/h1-3,5-7,10,18,20-26,28-30H,4,8H2/t10-,18-,20-,21+,22+/m1/s1. The molecule has 0 spiro atoms. The van der Waals surface area contributed by atoms with Crippen molar-refractivity contribution in [2.45, 2.75) is 30.8 Å². The minimum atomic E-state index is -1.54. The maximum atomic E-state index is 12.6. The second kappa shape index (κ2) is 8.32. The smallest absolute Gasteiger partial charge is 0.197 e. The van der Waals surface area contributed by atoms with E-state index in [2.05, 4.69) is 0 Å². The summed E-state index contributed by atoms with van der Waals surface area (Å²) in [5.41, 5.74) is -0.301. The molecule has 0 bridgehead atoms. The van der Waals surface area contributed by atoms with Crippen LogP contribution in [0.5, 0.6) is 23.0 Å². The van der Waals surface area contributed by atoms with Gasteiger partial charge in [-0.3, -0.25) is 4.79 Å². The Labute approximate surface area is 180 Å². The molecule has 170 valence electrons. The van der Waals surface area contributed by atoms with E-state index >= 15 is 0 Å². The highest BCUT2D eigenvalue weighted by atomic mass is 16.5. The van der Waals surface area contributed by atoms with Crippen LogP contribution in [-0.2, 0) is 0 Å². The third kappa shape index (κ3) is 3.84. The van der Waals surface area contributed by atoms with E-state index < -0.39 is 53.9 Å². The van der Waals surface area contributed by atoms with Crippen molar-refractivity contribution in [3.8, 4) is 34.3 Å². The largest absolute Gasteiger partial charge is 0.507 e. The van der Waals surface area contributed by atoms with Gasteiger partial charge in [-0.25, -0.2) is 0 Å². The predicted octanol–water partition coefficient (Wildman–Crippen LogP) is 0.419. The van der Waals surface area contributed by atoms with E-state index in [1.54, 1.807) is 0 Å². The fourth-order valence-electron chi connectivity index (χ4n) is 3.88. The molecule has 3 aromatic rings. The first-order valence-electron chi connectivity index (χ1n) is 9.84. The maximum Gasteiger partial charge on any atom is 0.197 e. The lowest BCUT2D eigenvalue weighted by Crippen LogP contribution is -2.56. The maximum absolute atomic E-state index is 12.6. The van der Waals surface area contributed by atoms with Gasteiger partial charge in [-0.1, -0.05) is 0 Å². The second-order valence-electron chi connectivity index (χ2n) is 7.80. The Kier molecular flexibility index (Phi) is 5.70. The molecule has 5 atom stereocenters. The zero-order valence-electron chi connectivity index (χ0n) is 16.6. The summed E-state index contributed by atoms with van der Waals surface area (Å²) in [6.45, 7) is -0.425. The Balaban J connectivity index is 1.72. The monoisotopic (exact) mass is 446 g/mol. The van der Waals surface area contributed by atoms with Crippen LogP contribution in [0.15, 0.2) is 45.6 Å². The summed E-state index contributed by atoms with van der Waals surface area (Å²) in [4.78, 5) is 12.6. The van der Waals surface area contributed by atoms with Gasteiger partial charge < -0.3 is 44.9 Å². The number of aliphatic hydroxyl groups excluding tert-OH is 4. The summed E-state index contributed by atoms with van der Waals surface area (Å²) in [5.74, 6) is -1.82. The third-order valence-corrected chi connectivity index (χ3v) is 5.66. The Morgan fingerprint density at radius 2 is 1.66 bits per heavy atom. The number of hydrogen-bond acceptors (Lipinski definition) is 10. The van der Waals surface area contributed by atoms with Crippen LogP contribution < -0.4 is 10.2 Å². The van der Waals surface area contributed by atoms with Crippen LogP contribution in [0, 0.1) is 5.92 Å². The second-order valence-corrected chi connectivity index (χ2v) is 7.80. The molecular formula is C22H22O10. The number of benzene rings is 2. The van der Waals surface area contributed by atoms with Crippen LogP contribution in [0.3, 0.4) is 0 Å². The third-order valence-electron chi connectivity index (χ3n) is 5.66. The molecule has 0 aliphatic heterocycles. The molecule has 1 heterocycles. The minimum Gasteiger partial charge on any atom is -0.507 e. The van der Waals surface area contributed by atoms with E-state index in [0.29, 0.717) is 5.56 Å². The van der Waals surface area contributed by atoms with E-state index in [1.165, 1.54) is 24.3 Å². The van der Waals surface area contributed by atoms with E-state index in [9.17, 15) is 40.5 Å². The minimum absolute atomic E-state index is 0.0215.